The molecule has 2 aromatic rings. The van der Waals surface area contributed by atoms with Crippen molar-refractivity contribution < 1.29 is 0 Å². The van der Waals surface area contributed by atoms with E-state index in [1.807, 2.05) is 0 Å². The summed E-state index contributed by atoms with van der Waals surface area (Å²) in [6, 6.07) is 7.35. The molecule has 1 aromatic heterocycles. The molecule has 0 aliphatic heterocycles. The number of aryl methyl sites for hydroxylation is 4. The van der Waals surface area contributed by atoms with E-state index in [4.69, 9.17) is 4.98 Å². The molecule has 2 nitrogen and oxygen atoms in total. The van der Waals surface area contributed by atoms with Gasteiger partial charge in [-0.05, 0) is 47.1 Å². The molecule has 0 fully saturated rings. The van der Waals surface area contributed by atoms with E-state index in [9.17, 15) is 0 Å². The lowest BCUT2D eigenvalue weighted by Gasteiger charge is -2.20. The van der Waals surface area contributed by atoms with E-state index in [1.165, 1.54) is 26.6 Å². The van der Waals surface area contributed by atoms with Crippen LogP contribution in [0.1, 0.15) is 52.2 Å². The Hall–Kier alpha value is -1.19. The highest BCUT2D eigenvalue weighted by atomic mass is 32.1. The second-order valence-corrected chi connectivity index (χ2v) is 7.10. The number of nitrogens with zero attached hydrogens (tertiary/aromatic N) is 1. The van der Waals surface area contributed by atoms with Crippen LogP contribution < -0.4 is 5.32 Å². The van der Waals surface area contributed by atoms with Crippen molar-refractivity contribution in [2.24, 2.45) is 0 Å². The normalized spacial score (nSPS) is 12.9. The summed E-state index contributed by atoms with van der Waals surface area (Å²) < 4.78 is 0. The Kier molecular flexibility index (Phi) is 4.61. The van der Waals surface area contributed by atoms with Gasteiger partial charge in [-0.15, -0.1) is 11.3 Å². The van der Waals surface area contributed by atoms with Crippen molar-refractivity contribution in [2.75, 3.05) is 0 Å². The third kappa shape index (κ3) is 3.47. The highest BCUT2D eigenvalue weighted by Gasteiger charge is 2.20. The molecule has 1 heterocycles. The largest absolute Gasteiger partial charge is 0.302 e. The fourth-order valence-corrected chi connectivity index (χ4v) is 3.45. The molecule has 0 saturated heterocycles. The predicted molar refractivity (Wildman–Crippen MR) is 87.6 cm³/mol. The predicted octanol–water partition coefficient (Wildman–Crippen LogP) is 4.46. The van der Waals surface area contributed by atoms with E-state index in [-0.39, 0.29) is 6.04 Å². The monoisotopic (exact) mass is 288 g/mol. The Balaban J connectivity index is 2.46. The number of hydrogen-bond donors (Lipinski definition) is 1. The van der Waals surface area contributed by atoms with E-state index in [2.05, 4.69) is 65.1 Å². The smallest absolute Gasteiger partial charge is 0.115 e. The summed E-state index contributed by atoms with van der Waals surface area (Å²) in [4.78, 5) is 6.06. The van der Waals surface area contributed by atoms with Gasteiger partial charge < -0.3 is 5.32 Å². The second kappa shape index (κ2) is 6.06. The quantitative estimate of drug-likeness (QED) is 0.898. The molecule has 0 aliphatic carbocycles. The molecule has 0 amide bonds. The molecular weight excluding hydrogens is 264 g/mol. The number of rotatable bonds is 4. The summed E-state index contributed by atoms with van der Waals surface area (Å²) in [6.45, 7) is 12.9. The van der Waals surface area contributed by atoms with Crippen molar-refractivity contribution in [3.05, 3.63) is 50.5 Å². The van der Waals surface area contributed by atoms with Crippen LogP contribution in [0.15, 0.2) is 18.2 Å². The van der Waals surface area contributed by atoms with Gasteiger partial charge in [0, 0.05) is 10.9 Å². The lowest BCUT2D eigenvalue weighted by atomic mass is 10.0. The Bertz CT molecular complexity index is 559. The van der Waals surface area contributed by atoms with Crippen molar-refractivity contribution in [3.8, 4) is 0 Å². The Labute approximate surface area is 126 Å². The summed E-state index contributed by atoms with van der Waals surface area (Å²) in [5.74, 6) is 0. The summed E-state index contributed by atoms with van der Waals surface area (Å²) in [5.41, 5.74) is 5.07. The average Bonchev–Trinajstić information content (AvgIpc) is 2.65. The van der Waals surface area contributed by atoms with Gasteiger partial charge >= 0.3 is 0 Å². The van der Waals surface area contributed by atoms with E-state index in [0.29, 0.717) is 6.04 Å². The van der Waals surface area contributed by atoms with E-state index >= 15 is 0 Å². The van der Waals surface area contributed by atoms with Gasteiger partial charge in [-0.25, -0.2) is 4.98 Å². The Morgan fingerprint density at radius 1 is 1.00 bits per heavy atom. The summed E-state index contributed by atoms with van der Waals surface area (Å²) in [6.07, 6.45) is 0. The van der Waals surface area contributed by atoms with Gasteiger partial charge in [0.1, 0.15) is 5.01 Å². The van der Waals surface area contributed by atoms with Crippen LogP contribution in [0.25, 0.3) is 0 Å². The van der Waals surface area contributed by atoms with Gasteiger partial charge in [0.2, 0.25) is 0 Å². The van der Waals surface area contributed by atoms with Gasteiger partial charge in [-0.3, -0.25) is 0 Å². The number of nitrogens with one attached hydrogen (secondary N) is 1. The SMILES string of the molecule is Cc1cc(C)cc(C(NC(C)C)c2nc(C)c(C)s2)c1. The fourth-order valence-electron chi connectivity index (χ4n) is 2.44. The van der Waals surface area contributed by atoms with Gasteiger partial charge in [0.25, 0.3) is 0 Å². The van der Waals surface area contributed by atoms with Crippen LogP contribution in [0.2, 0.25) is 0 Å². The first kappa shape index (κ1) is 15.2. The highest BCUT2D eigenvalue weighted by Crippen LogP contribution is 2.29. The zero-order chi connectivity index (χ0) is 14.9. The van der Waals surface area contributed by atoms with Gasteiger partial charge in [-0.2, -0.15) is 0 Å². The number of hydrogen-bond acceptors (Lipinski definition) is 3. The topological polar surface area (TPSA) is 24.9 Å². The van der Waals surface area contributed by atoms with Crippen LogP contribution in [0.5, 0.6) is 0 Å². The van der Waals surface area contributed by atoms with Gasteiger partial charge in [-0.1, -0.05) is 29.3 Å². The van der Waals surface area contributed by atoms with Crippen LogP contribution >= 0.6 is 11.3 Å². The molecule has 1 N–H and O–H groups in total. The van der Waals surface area contributed by atoms with Crippen molar-refractivity contribution in [1.82, 2.24) is 10.3 Å². The first-order valence-electron chi connectivity index (χ1n) is 7.15. The standard InChI is InChI=1S/C17H24N2S/c1-10(2)18-16(17-19-13(5)14(6)20-17)15-8-11(3)7-12(4)9-15/h7-10,16,18H,1-6H3. The Morgan fingerprint density at radius 3 is 2.05 bits per heavy atom. The van der Waals surface area contributed by atoms with Crippen LogP contribution in [-0.2, 0) is 0 Å². The molecule has 1 atom stereocenters. The third-order valence-electron chi connectivity index (χ3n) is 3.37. The molecule has 1 unspecified atom stereocenters. The molecule has 1 aromatic carbocycles. The van der Waals surface area contributed by atoms with Crippen LogP contribution in [0.3, 0.4) is 0 Å². The zero-order valence-corrected chi connectivity index (χ0v) is 14.1. The lowest BCUT2D eigenvalue weighted by Crippen LogP contribution is -2.29. The van der Waals surface area contributed by atoms with Crippen molar-refractivity contribution >= 4 is 11.3 Å². The minimum absolute atomic E-state index is 0.186. The summed E-state index contributed by atoms with van der Waals surface area (Å²) in [7, 11) is 0. The maximum absolute atomic E-state index is 4.76. The first-order valence-corrected chi connectivity index (χ1v) is 7.96. The molecule has 0 spiro atoms. The maximum Gasteiger partial charge on any atom is 0.115 e. The molecular formula is C17H24N2S. The van der Waals surface area contributed by atoms with Crippen molar-refractivity contribution in [2.45, 2.75) is 53.6 Å². The molecule has 0 bridgehead atoms. The molecule has 0 saturated carbocycles. The molecule has 20 heavy (non-hydrogen) atoms. The molecule has 0 aliphatic rings. The van der Waals surface area contributed by atoms with Crippen LogP contribution in [0, 0.1) is 27.7 Å². The number of benzene rings is 1. The van der Waals surface area contributed by atoms with Crippen LogP contribution in [0.4, 0.5) is 0 Å². The lowest BCUT2D eigenvalue weighted by molar-refractivity contribution is 0.526. The Morgan fingerprint density at radius 2 is 1.60 bits per heavy atom. The van der Waals surface area contributed by atoms with Crippen LogP contribution in [-0.4, -0.2) is 11.0 Å². The van der Waals surface area contributed by atoms with Gasteiger partial charge in [0.05, 0.1) is 11.7 Å². The minimum Gasteiger partial charge on any atom is -0.302 e. The second-order valence-electron chi connectivity index (χ2n) is 5.87. The third-order valence-corrected chi connectivity index (χ3v) is 4.51. The van der Waals surface area contributed by atoms with Gasteiger partial charge in [0.15, 0.2) is 0 Å². The summed E-state index contributed by atoms with van der Waals surface area (Å²) >= 11 is 1.80. The number of thiazole rings is 1. The minimum atomic E-state index is 0.186. The zero-order valence-electron chi connectivity index (χ0n) is 13.2. The number of aromatic nitrogens is 1. The van der Waals surface area contributed by atoms with E-state index in [0.717, 1.165) is 5.69 Å². The fraction of sp³-hybridized carbons (Fsp3) is 0.471. The average molecular weight is 288 g/mol. The van der Waals surface area contributed by atoms with Crippen molar-refractivity contribution in [1.29, 1.82) is 0 Å². The van der Waals surface area contributed by atoms with E-state index < -0.39 is 0 Å². The maximum atomic E-state index is 4.76. The summed E-state index contributed by atoms with van der Waals surface area (Å²) in [5, 5.41) is 4.82. The molecule has 3 heteroatoms. The molecule has 108 valence electrons. The van der Waals surface area contributed by atoms with Crippen molar-refractivity contribution in [3.63, 3.8) is 0 Å². The first-order chi connectivity index (χ1) is 9.36. The molecule has 0 radical (unpaired) electrons. The highest BCUT2D eigenvalue weighted by molar-refractivity contribution is 7.11. The molecule has 2 rings (SSSR count). The van der Waals surface area contributed by atoms with E-state index in [1.54, 1.807) is 11.3 Å².